The molecule has 0 N–H and O–H groups in total. The molecule has 8 rings (SSSR count). The van der Waals surface area contributed by atoms with E-state index in [1.165, 1.54) is 82.4 Å². The predicted octanol–water partition coefficient (Wildman–Crippen LogP) is 12.6. The summed E-state index contributed by atoms with van der Waals surface area (Å²) in [6, 6.07) is 50.8. The van der Waals surface area contributed by atoms with Crippen molar-refractivity contribution < 1.29 is 9.47 Å². The van der Waals surface area contributed by atoms with Gasteiger partial charge in [0.05, 0.1) is 14.2 Å². The first-order valence-electron chi connectivity index (χ1n) is 16.6. The highest BCUT2D eigenvalue weighted by atomic mass is 16.5. The van der Waals surface area contributed by atoms with Gasteiger partial charge in [0.25, 0.3) is 0 Å². The van der Waals surface area contributed by atoms with E-state index in [0.717, 1.165) is 11.5 Å². The molecule has 0 aliphatic heterocycles. The van der Waals surface area contributed by atoms with Crippen LogP contribution in [0.3, 0.4) is 0 Å². The van der Waals surface area contributed by atoms with Gasteiger partial charge in [0.1, 0.15) is 11.5 Å². The van der Waals surface area contributed by atoms with E-state index in [-0.39, 0.29) is 5.41 Å². The molecule has 48 heavy (non-hydrogen) atoms. The molecule has 0 fully saturated rings. The third-order valence-corrected chi connectivity index (χ3v) is 9.79. The maximum Gasteiger partial charge on any atom is 0.118 e. The second kappa shape index (κ2) is 11.6. The molecule has 0 heterocycles. The van der Waals surface area contributed by atoms with Crippen molar-refractivity contribution in [1.29, 1.82) is 0 Å². The molecule has 0 bridgehead atoms. The second-order valence-corrected chi connectivity index (χ2v) is 13.7. The predicted molar refractivity (Wildman–Crippen MR) is 204 cm³/mol. The standard InChI is InChI=1S/C46H38O2/c1-46(2,3)33-24-40-38(31-16-20-34(47-4)21-17-31)27-42-36(29-12-8-6-9-13-29)26-37(30-14-10-7-11-15-30)43-28-39(41(25-33)44(40)45(42)43)32-18-22-35(48-5)23-19-32/h6-28H,1-5H3. The Bertz CT molecular complexity index is 2240. The van der Waals surface area contributed by atoms with Crippen LogP contribution in [0.25, 0.3) is 76.8 Å². The van der Waals surface area contributed by atoms with E-state index in [4.69, 9.17) is 9.47 Å². The van der Waals surface area contributed by atoms with Crippen molar-refractivity contribution in [3.63, 3.8) is 0 Å². The lowest BCUT2D eigenvalue weighted by atomic mass is 9.78. The number of ether oxygens (including phenoxy) is 2. The van der Waals surface area contributed by atoms with E-state index < -0.39 is 0 Å². The van der Waals surface area contributed by atoms with Gasteiger partial charge in [0.2, 0.25) is 0 Å². The number of hydrogen-bond donors (Lipinski definition) is 0. The topological polar surface area (TPSA) is 18.5 Å². The summed E-state index contributed by atoms with van der Waals surface area (Å²) in [5.74, 6) is 1.70. The molecule has 0 aliphatic rings. The molecule has 2 nitrogen and oxygen atoms in total. The number of hydrogen-bond acceptors (Lipinski definition) is 2. The van der Waals surface area contributed by atoms with Crippen LogP contribution in [0.5, 0.6) is 11.5 Å². The zero-order valence-corrected chi connectivity index (χ0v) is 28.1. The van der Waals surface area contributed by atoms with Gasteiger partial charge in [-0.3, -0.25) is 0 Å². The van der Waals surface area contributed by atoms with Crippen molar-refractivity contribution in [3.05, 3.63) is 145 Å². The van der Waals surface area contributed by atoms with Crippen LogP contribution in [0.4, 0.5) is 0 Å². The van der Waals surface area contributed by atoms with Crippen molar-refractivity contribution in [1.82, 2.24) is 0 Å². The molecule has 0 atom stereocenters. The molecule has 0 spiro atoms. The number of rotatable bonds is 6. The molecule has 0 aromatic heterocycles. The van der Waals surface area contributed by atoms with Crippen molar-refractivity contribution in [2.75, 3.05) is 14.2 Å². The largest absolute Gasteiger partial charge is 0.497 e. The van der Waals surface area contributed by atoms with E-state index in [2.05, 4.69) is 160 Å². The second-order valence-electron chi connectivity index (χ2n) is 13.7. The first kappa shape index (κ1) is 29.8. The maximum absolute atomic E-state index is 5.57. The van der Waals surface area contributed by atoms with Crippen LogP contribution >= 0.6 is 0 Å². The molecular formula is C46H38O2. The number of methoxy groups -OCH3 is 2. The molecule has 234 valence electrons. The van der Waals surface area contributed by atoms with Gasteiger partial charge >= 0.3 is 0 Å². The van der Waals surface area contributed by atoms with Crippen LogP contribution in [-0.4, -0.2) is 14.2 Å². The Kier molecular flexibility index (Phi) is 7.18. The van der Waals surface area contributed by atoms with E-state index in [1.54, 1.807) is 14.2 Å². The highest BCUT2D eigenvalue weighted by Crippen LogP contribution is 2.50. The van der Waals surface area contributed by atoms with Gasteiger partial charge < -0.3 is 9.47 Å². The summed E-state index contributed by atoms with van der Waals surface area (Å²) in [5.41, 5.74) is 10.9. The van der Waals surface area contributed by atoms with E-state index >= 15 is 0 Å². The van der Waals surface area contributed by atoms with Crippen LogP contribution in [0.1, 0.15) is 26.3 Å². The fraction of sp³-hybridized carbons (Fsp3) is 0.130. The minimum atomic E-state index is -0.0524. The van der Waals surface area contributed by atoms with Crippen LogP contribution in [0.2, 0.25) is 0 Å². The van der Waals surface area contributed by atoms with Gasteiger partial charge in [-0.25, -0.2) is 0 Å². The first-order valence-corrected chi connectivity index (χ1v) is 16.6. The van der Waals surface area contributed by atoms with Gasteiger partial charge in [-0.2, -0.15) is 0 Å². The van der Waals surface area contributed by atoms with Crippen LogP contribution < -0.4 is 9.47 Å². The Morgan fingerprint density at radius 2 is 0.708 bits per heavy atom. The average Bonchev–Trinajstić information content (AvgIpc) is 3.13. The molecular weight excluding hydrogens is 585 g/mol. The van der Waals surface area contributed by atoms with Crippen molar-refractivity contribution in [2.45, 2.75) is 26.2 Å². The van der Waals surface area contributed by atoms with Gasteiger partial charge in [-0.15, -0.1) is 0 Å². The molecule has 0 saturated heterocycles. The van der Waals surface area contributed by atoms with Gasteiger partial charge in [0, 0.05) is 0 Å². The van der Waals surface area contributed by atoms with Crippen molar-refractivity contribution >= 4 is 32.3 Å². The molecule has 0 amide bonds. The summed E-state index contributed by atoms with van der Waals surface area (Å²) in [5, 5.41) is 7.63. The summed E-state index contributed by atoms with van der Waals surface area (Å²) in [6.07, 6.45) is 0. The minimum Gasteiger partial charge on any atom is -0.497 e. The lowest BCUT2D eigenvalue weighted by molar-refractivity contribution is 0.415. The highest BCUT2D eigenvalue weighted by Gasteiger charge is 2.25. The summed E-state index contributed by atoms with van der Waals surface area (Å²) in [6.45, 7) is 6.92. The zero-order chi connectivity index (χ0) is 33.0. The zero-order valence-electron chi connectivity index (χ0n) is 28.1. The van der Waals surface area contributed by atoms with E-state index in [0.29, 0.717) is 0 Å². The Hall–Kier alpha value is -5.60. The minimum absolute atomic E-state index is 0.0524. The van der Waals surface area contributed by atoms with Crippen molar-refractivity contribution in [2.24, 2.45) is 0 Å². The normalized spacial score (nSPS) is 11.9. The summed E-state index contributed by atoms with van der Waals surface area (Å²) < 4.78 is 11.1. The molecule has 0 saturated carbocycles. The van der Waals surface area contributed by atoms with E-state index in [9.17, 15) is 0 Å². The van der Waals surface area contributed by atoms with Crippen LogP contribution in [0.15, 0.2) is 140 Å². The van der Waals surface area contributed by atoms with E-state index in [1.807, 2.05) is 0 Å². The Balaban J connectivity index is 1.62. The van der Waals surface area contributed by atoms with Crippen LogP contribution in [0, 0.1) is 0 Å². The highest BCUT2D eigenvalue weighted by molar-refractivity contribution is 6.33. The third-order valence-electron chi connectivity index (χ3n) is 9.79. The molecule has 0 aliphatic carbocycles. The van der Waals surface area contributed by atoms with Gasteiger partial charge in [0.15, 0.2) is 0 Å². The molecule has 2 heteroatoms. The van der Waals surface area contributed by atoms with Crippen LogP contribution in [-0.2, 0) is 5.41 Å². The number of benzene rings is 8. The van der Waals surface area contributed by atoms with Crippen molar-refractivity contribution in [3.8, 4) is 56.0 Å². The smallest absolute Gasteiger partial charge is 0.118 e. The average molecular weight is 623 g/mol. The summed E-state index contributed by atoms with van der Waals surface area (Å²) >= 11 is 0. The quantitative estimate of drug-likeness (QED) is 0.172. The van der Waals surface area contributed by atoms with Gasteiger partial charge in [-0.1, -0.05) is 106 Å². The summed E-state index contributed by atoms with van der Waals surface area (Å²) in [4.78, 5) is 0. The lowest BCUT2D eigenvalue weighted by Crippen LogP contribution is -2.11. The molecule has 8 aromatic carbocycles. The molecule has 8 aromatic rings. The first-order chi connectivity index (χ1) is 23.3. The Morgan fingerprint density at radius 1 is 0.375 bits per heavy atom. The Labute approximate surface area is 282 Å². The molecule has 0 unspecified atom stereocenters. The lowest BCUT2D eigenvalue weighted by Gasteiger charge is -2.26. The Morgan fingerprint density at radius 3 is 1.06 bits per heavy atom. The SMILES string of the molecule is COc1ccc(-c2cc3c(-c4ccccc4)cc(-c4ccccc4)c4cc(-c5ccc(OC)cc5)c5cc(C(C)(C)C)cc2c5c34)cc1. The maximum atomic E-state index is 5.57. The molecule has 0 radical (unpaired) electrons. The monoisotopic (exact) mass is 622 g/mol. The fourth-order valence-electron chi connectivity index (χ4n) is 7.23. The summed E-state index contributed by atoms with van der Waals surface area (Å²) in [7, 11) is 3.44. The van der Waals surface area contributed by atoms with Gasteiger partial charge in [-0.05, 0) is 142 Å². The third kappa shape index (κ3) is 4.96. The fourth-order valence-corrected chi connectivity index (χ4v) is 7.23.